The molecule has 0 saturated carbocycles. The van der Waals surface area contributed by atoms with Crippen LogP contribution in [0.5, 0.6) is 11.5 Å². The number of ether oxygens (including phenoxy) is 3. The van der Waals surface area contributed by atoms with Crippen LogP contribution in [0.25, 0.3) is 6.08 Å². The topological polar surface area (TPSA) is 73.9 Å². The summed E-state index contributed by atoms with van der Waals surface area (Å²) < 4.78 is 16.5. The molecule has 1 N–H and O–H groups in total. The van der Waals surface area contributed by atoms with E-state index in [1.807, 2.05) is 56.3 Å². The first-order valence-electron chi connectivity index (χ1n) is 10.5. The van der Waals surface area contributed by atoms with E-state index >= 15 is 0 Å². The molecule has 3 aromatic rings. The summed E-state index contributed by atoms with van der Waals surface area (Å²) in [5, 5.41) is 3.28. The minimum atomic E-state index is -0.436. The van der Waals surface area contributed by atoms with Crippen LogP contribution in [0.4, 0.5) is 5.00 Å². The van der Waals surface area contributed by atoms with Gasteiger partial charge in [-0.25, -0.2) is 4.79 Å². The first-order valence-corrected chi connectivity index (χ1v) is 11.4. The Hall–Kier alpha value is -3.58. The number of hydrogen-bond acceptors (Lipinski definition) is 6. The Kier molecular flexibility index (Phi) is 8.27. The number of benzene rings is 2. The molecule has 0 aliphatic heterocycles. The predicted octanol–water partition coefficient (Wildman–Crippen LogP) is 5.78. The van der Waals surface area contributed by atoms with Gasteiger partial charge in [0.1, 0.15) is 11.6 Å². The summed E-state index contributed by atoms with van der Waals surface area (Å²) in [5.74, 6) is 0.411. The summed E-state index contributed by atoms with van der Waals surface area (Å²) in [4.78, 5) is 25.8. The maximum absolute atomic E-state index is 12.5. The average molecular weight is 466 g/mol. The number of methoxy groups -OCH3 is 1. The second-order valence-electron chi connectivity index (χ2n) is 7.21. The van der Waals surface area contributed by atoms with Crippen molar-refractivity contribution < 1.29 is 23.8 Å². The minimum Gasteiger partial charge on any atom is -0.493 e. The van der Waals surface area contributed by atoms with Crippen molar-refractivity contribution in [3.63, 3.8) is 0 Å². The highest BCUT2D eigenvalue weighted by Gasteiger charge is 2.21. The zero-order valence-corrected chi connectivity index (χ0v) is 20.0. The molecule has 1 heterocycles. The van der Waals surface area contributed by atoms with Crippen molar-refractivity contribution >= 4 is 34.3 Å². The van der Waals surface area contributed by atoms with E-state index in [9.17, 15) is 9.59 Å². The lowest BCUT2D eigenvalue weighted by Gasteiger charge is -2.11. The van der Waals surface area contributed by atoms with Crippen LogP contribution in [0, 0.1) is 13.8 Å². The number of aryl methyl sites for hydroxylation is 1. The minimum absolute atomic E-state index is 0.271. The molecule has 7 heteroatoms. The Labute approximate surface area is 197 Å². The summed E-state index contributed by atoms with van der Waals surface area (Å²) in [6.07, 6.45) is 3.09. The van der Waals surface area contributed by atoms with Crippen molar-refractivity contribution in [3.05, 3.63) is 81.7 Å². The van der Waals surface area contributed by atoms with Gasteiger partial charge >= 0.3 is 5.97 Å². The largest absolute Gasteiger partial charge is 0.493 e. The number of esters is 1. The van der Waals surface area contributed by atoms with Crippen molar-refractivity contribution in [1.29, 1.82) is 0 Å². The van der Waals surface area contributed by atoms with Crippen molar-refractivity contribution in [1.82, 2.24) is 0 Å². The van der Waals surface area contributed by atoms with Gasteiger partial charge in [-0.2, -0.15) is 0 Å². The maximum atomic E-state index is 12.5. The molecule has 0 spiro atoms. The molecule has 0 saturated heterocycles. The number of thiophene rings is 1. The predicted molar refractivity (Wildman–Crippen MR) is 131 cm³/mol. The molecule has 6 nitrogen and oxygen atoms in total. The summed E-state index contributed by atoms with van der Waals surface area (Å²) in [7, 11) is 1.57. The van der Waals surface area contributed by atoms with Crippen molar-refractivity contribution in [3.8, 4) is 11.5 Å². The van der Waals surface area contributed by atoms with E-state index in [0.717, 1.165) is 21.6 Å². The van der Waals surface area contributed by atoms with Crippen LogP contribution in [0.3, 0.4) is 0 Å². The molecule has 0 aliphatic carbocycles. The van der Waals surface area contributed by atoms with E-state index in [1.165, 1.54) is 17.4 Å². The van der Waals surface area contributed by atoms with Crippen LogP contribution < -0.4 is 14.8 Å². The molecule has 0 atom stereocenters. The highest BCUT2D eigenvalue weighted by atomic mass is 32.1. The zero-order valence-electron chi connectivity index (χ0n) is 19.1. The first kappa shape index (κ1) is 24.1. The van der Waals surface area contributed by atoms with E-state index in [2.05, 4.69) is 5.32 Å². The molecule has 0 bridgehead atoms. The van der Waals surface area contributed by atoms with Gasteiger partial charge in [-0.1, -0.05) is 36.4 Å². The van der Waals surface area contributed by atoms with Gasteiger partial charge in [0.15, 0.2) is 11.5 Å². The Bertz CT molecular complexity index is 1150. The second kappa shape index (κ2) is 11.3. The van der Waals surface area contributed by atoms with Gasteiger partial charge in [-0.15, -0.1) is 11.3 Å². The van der Waals surface area contributed by atoms with E-state index in [4.69, 9.17) is 14.2 Å². The van der Waals surface area contributed by atoms with Crippen LogP contribution >= 0.6 is 11.3 Å². The fourth-order valence-corrected chi connectivity index (χ4v) is 4.18. The van der Waals surface area contributed by atoms with Crippen molar-refractivity contribution in [2.75, 3.05) is 19.0 Å². The van der Waals surface area contributed by atoms with Crippen molar-refractivity contribution in [2.45, 2.75) is 27.4 Å². The molecule has 3 rings (SSSR count). The summed E-state index contributed by atoms with van der Waals surface area (Å²) in [5.41, 5.74) is 3.05. The van der Waals surface area contributed by atoms with E-state index in [1.54, 1.807) is 26.2 Å². The number of rotatable bonds is 9. The van der Waals surface area contributed by atoms with E-state index in [-0.39, 0.29) is 12.5 Å². The zero-order chi connectivity index (χ0) is 23.8. The van der Waals surface area contributed by atoms with Crippen LogP contribution in [0.2, 0.25) is 0 Å². The van der Waals surface area contributed by atoms with Crippen LogP contribution in [-0.2, 0) is 16.1 Å². The molecule has 2 aromatic carbocycles. The number of carbonyl (C=O) groups is 2. The normalized spacial score (nSPS) is 10.8. The van der Waals surface area contributed by atoms with Crippen LogP contribution in [0.15, 0.2) is 54.6 Å². The highest BCUT2D eigenvalue weighted by Crippen LogP contribution is 2.33. The van der Waals surface area contributed by atoms with Crippen molar-refractivity contribution in [2.24, 2.45) is 0 Å². The molecule has 0 unspecified atom stereocenters. The molecule has 0 radical (unpaired) electrons. The fourth-order valence-electron chi connectivity index (χ4n) is 3.13. The Morgan fingerprint density at radius 1 is 1.06 bits per heavy atom. The van der Waals surface area contributed by atoms with Crippen LogP contribution in [-0.4, -0.2) is 25.6 Å². The molecule has 1 aromatic heterocycles. The smallest absolute Gasteiger partial charge is 0.341 e. The molecular weight excluding hydrogens is 438 g/mol. The Morgan fingerprint density at radius 3 is 2.52 bits per heavy atom. The summed E-state index contributed by atoms with van der Waals surface area (Å²) >= 11 is 1.35. The molecule has 33 heavy (non-hydrogen) atoms. The second-order valence-corrected chi connectivity index (χ2v) is 8.44. The SMILES string of the molecule is CCOC(=O)c1c(NC(=O)C=Cc2ccc(OCc3ccccc3)c(OC)c2)sc(C)c1C. The maximum Gasteiger partial charge on any atom is 0.341 e. The number of nitrogens with one attached hydrogen (secondary N) is 1. The third kappa shape index (κ3) is 6.23. The number of hydrogen-bond donors (Lipinski definition) is 1. The third-order valence-electron chi connectivity index (χ3n) is 4.95. The highest BCUT2D eigenvalue weighted by molar-refractivity contribution is 7.16. The lowest BCUT2D eigenvalue weighted by atomic mass is 10.1. The summed E-state index contributed by atoms with van der Waals surface area (Å²) in [6.45, 7) is 6.20. The van der Waals surface area contributed by atoms with Gasteiger partial charge in [0, 0.05) is 11.0 Å². The Balaban J connectivity index is 1.69. The monoisotopic (exact) mass is 465 g/mol. The third-order valence-corrected chi connectivity index (χ3v) is 6.08. The van der Waals surface area contributed by atoms with Crippen LogP contribution in [0.1, 0.15) is 38.8 Å². The van der Waals surface area contributed by atoms with Gasteiger partial charge in [0.25, 0.3) is 0 Å². The number of carbonyl (C=O) groups excluding carboxylic acids is 2. The van der Waals surface area contributed by atoms with E-state index < -0.39 is 5.97 Å². The first-order chi connectivity index (χ1) is 15.9. The molecule has 0 fully saturated rings. The molecule has 0 aliphatic rings. The fraction of sp³-hybridized carbons (Fsp3) is 0.231. The number of amides is 1. The van der Waals surface area contributed by atoms with Gasteiger partial charge in [-0.05, 0) is 55.7 Å². The molecule has 1 amide bonds. The summed E-state index contributed by atoms with van der Waals surface area (Å²) in [6, 6.07) is 15.3. The number of anilines is 1. The van der Waals surface area contributed by atoms with Gasteiger partial charge in [-0.3, -0.25) is 4.79 Å². The molecule has 172 valence electrons. The lowest BCUT2D eigenvalue weighted by Crippen LogP contribution is -2.12. The average Bonchev–Trinajstić information content (AvgIpc) is 3.10. The van der Waals surface area contributed by atoms with Gasteiger partial charge < -0.3 is 19.5 Å². The lowest BCUT2D eigenvalue weighted by molar-refractivity contribution is -0.111. The van der Waals surface area contributed by atoms with Gasteiger partial charge in [0.05, 0.1) is 19.3 Å². The standard InChI is InChI=1S/C26H27NO5S/c1-5-31-26(29)24-17(2)18(3)33-25(24)27-23(28)14-12-19-11-13-21(22(15-19)30-4)32-16-20-9-7-6-8-10-20/h6-15H,5,16H2,1-4H3,(H,27,28). The van der Waals surface area contributed by atoms with Gasteiger partial charge in [0.2, 0.25) is 5.91 Å². The van der Waals surface area contributed by atoms with E-state index in [0.29, 0.717) is 28.7 Å². The quantitative estimate of drug-likeness (QED) is 0.320. The Morgan fingerprint density at radius 2 is 1.82 bits per heavy atom. The molecular formula is C26H27NO5S.